The van der Waals surface area contributed by atoms with Crippen molar-refractivity contribution in [2.45, 2.75) is 26.5 Å². The Bertz CT molecular complexity index is 697. The van der Waals surface area contributed by atoms with Crippen LogP contribution in [0.1, 0.15) is 36.1 Å². The van der Waals surface area contributed by atoms with Crippen molar-refractivity contribution in [1.29, 1.82) is 0 Å². The summed E-state index contributed by atoms with van der Waals surface area (Å²) in [5.74, 6) is 3.37. The van der Waals surface area contributed by atoms with E-state index in [2.05, 4.69) is 15.5 Å². The Kier molecular flexibility index (Phi) is 5.34. The zero-order chi connectivity index (χ0) is 16.9. The second-order valence-electron chi connectivity index (χ2n) is 5.85. The van der Waals surface area contributed by atoms with Gasteiger partial charge in [-0.3, -0.25) is 4.79 Å². The van der Waals surface area contributed by atoms with Gasteiger partial charge in [-0.05, 0) is 42.5 Å². The summed E-state index contributed by atoms with van der Waals surface area (Å²) in [7, 11) is 0. The van der Waals surface area contributed by atoms with Crippen LogP contribution in [-0.4, -0.2) is 55.6 Å². The Morgan fingerprint density at radius 3 is 2.88 bits per heavy atom. The normalized spacial score (nSPS) is 14.9. The largest absolute Gasteiger partial charge is 0.486 e. The number of hydrogen-bond donors (Lipinski definition) is 0. The van der Waals surface area contributed by atoms with Crippen molar-refractivity contribution >= 4 is 17.7 Å². The van der Waals surface area contributed by atoms with Crippen molar-refractivity contribution in [1.82, 2.24) is 25.1 Å². The zero-order valence-corrected chi connectivity index (χ0v) is 14.7. The van der Waals surface area contributed by atoms with E-state index >= 15 is 0 Å². The van der Waals surface area contributed by atoms with Gasteiger partial charge in [0.15, 0.2) is 5.82 Å². The summed E-state index contributed by atoms with van der Waals surface area (Å²) in [5.41, 5.74) is 0.655. The molecule has 1 aliphatic rings. The molecule has 0 saturated carbocycles. The highest BCUT2D eigenvalue weighted by Crippen LogP contribution is 2.18. The van der Waals surface area contributed by atoms with E-state index in [0.717, 1.165) is 24.6 Å². The topological polar surface area (TPSA) is 73.1 Å². The summed E-state index contributed by atoms with van der Waals surface area (Å²) in [4.78, 5) is 14.5. The van der Waals surface area contributed by atoms with Crippen molar-refractivity contribution in [3.63, 3.8) is 0 Å². The molecule has 8 heteroatoms. The van der Waals surface area contributed by atoms with Crippen LogP contribution in [0.3, 0.4) is 0 Å². The number of benzene rings is 1. The fraction of sp³-hybridized carbons (Fsp3) is 0.500. The van der Waals surface area contributed by atoms with Gasteiger partial charge in [0.2, 0.25) is 0 Å². The lowest BCUT2D eigenvalue weighted by atomic mass is 10.2. The minimum Gasteiger partial charge on any atom is -0.486 e. The maximum atomic E-state index is 12.6. The quantitative estimate of drug-likeness (QED) is 0.824. The van der Waals surface area contributed by atoms with Gasteiger partial charge < -0.3 is 9.64 Å². The Morgan fingerprint density at radius 2 is 2.12 bits per heavy atom. The molecule has 0 spiro atoms. The molecule has 1 aromatic carbocycles. The zero-order valence-electron chi connectivity index (χ0n) is 13.9. The highest BCUT2D eigenvalue weighted by Gasteiger charge is 2.19. The van der Waals surface area contributed by atoms with E-state index in [0.29, 0.717) is 17.1 Å². The number of ether oxygens (including phenoxy) is 1. The molecule has 1 aromatic heterocycles. The van der Waals surface area contributed by atoms with Gasteiger partial charge in [-0.25, -0.2) is 4.68 Å². The second kappa shape index (κ2) is 7.65. The Morgan fingerprint density at radius 1 is 1.33 bits per heavy atom. The van der Waals surface area contributed by atoms with Crippen LogP contribution in [0.2, 0.25) is 0 Å². The maximum Gasteiger partial charge on any atom is 0.254 e. The van der Waals surface area contributed by atoms with Crippen LogP contribution in [0.4, 0.5) is 0 Å². The van der Waals surface area contributed by atoms with Gasteiger partial charge in [-0.1, -0.05) is 6.07 Å². The third-order valence-corrected chi connectivity index (χ3v) is 4.74. The van der Waals surface area contributed by atoms with Gasteiger partial charge in [-0.15, -0.1) is 5.10 Å². The fourth-order valence-corrected chi connectivity index (χ4v) is 3.43. The van der Waals surface area contributed by atoms with Gasteiger partial charge in [0, 0.05) is 30.2 Å². The number of carbonyl (C=O) groups excluding carboxylic acids is 1. The first kappa shape index (κ1) is 16.8. The van der Waals surface area contributed by atoms with Crippen LogP contribution >= 0.6 is 11.8 Å². The van der Waals surface area contributed by atoms with Crippen molar-refractivity contribution < 1.29 is 9.53 Å². The summed E-state index contributed by atoms with van der Waals surface area (Å²) >= 11 is 1.88. The van der Waals surface area contributed by atoms with Crippen LogP contribution < -0.4 is 4.74 Å². The van der Waals surface area contributed by atoms with Gasteiger partial charge >= 0.3 is 0 Å². The average Bonchev–Trinajstić information content (AvgIpc) is 3.09. The molecule has 0 aliphatic carbocycles. The van der Waals surface area contributed by atoms with Crippen molar-refractivity contribution in [2.24, 2.45) is 0 Å². The van der Waals surface area contributed by atoms with Gasteiger partial charge in [0.05, 0.1) is 6.04 Å². The first-order chi connectivity index (χ1) is 11.6. The Labute approximate surface area is 145 Å². The summed E-state index contributed by atoms with van der Waals surface area (Å²) in [5, 5.41) is 11.6. The predicted molar refractivity (Wildman–Crippen MR) is 92.2 cm³/mol. The number of rotatable bonds is 5. The maximum absolute atomic E-state index is 12.6. The molecule has 1 aliphatic heterocycles. The molecular weight excluding hydrogens is 326 g/mol. The van der Waals surface area contributed by atoms with Crippen LogP contribution in [0, 0.1) is 0 Å². The minimum atomic E-state index is 0.0627. The molecule has 24 heavy (non-hydrogen) atoms. The van der Waals surface area contributed by atoms with Crippen LogP contribution in [0.15, 0.2) is 24.3 Å². The van der Waals surface area contributed by atoms with Crippen molar-refractivity contribution in [3.05, 3.63) is 35.7 Å². The third kappa shape index (κ3) is 3.87. The van der Waals surface area contributed by atoms with E-state index in [-0.39, 0.29) is 18.6 Å². The van der Waals surface area contributed by atoms with E-state index in [1.165, 1.54) is 0 Å². The molecule has 2 heterocycles. The lowest BCUT2D eigenvalue weighted by Crippen LogP contribution is -2.37. The minimum absolute atomic E-state index is 0.0627. The molecule has 3 rings (SSSR count). The lowest BCUT2D eigenvalue weighted by Gasteiger charge is -2.26. The van der Waals surface area contributed by atoms with Crippen LogP contribution in [-0.2, 0) is 6.61 Å². The van der Waals surface area contributed by atoms with Crippen LogP contribution in [0.5, 0.6) is 5.75 Å². The molecule has 0 unspecified atom stereocenters. The SMILES string of the molecule is CC(C)n1nnnc1COc1cccc(C(=O)N2CCSCC2)c1. The summed E-state index contributed by atoms with van der Waals surface area (Å²) in [6, 6.07) is 7.46. The van der Waals surface area contributed by atoms with Gasteiger partial charge in [-0.2, -0.15) is 11.8 Å². The number of tetrazole rings is 1. The summed E-state index contributed by atoms with van der Waals surface area (Å²) in [6.07, 6.45) is 0. The molecule has 0 radical (unpaired) electrons. The van der Waals surface area contributed by atoms with Crippen LogP contribution in [0.25, 0.3) is 0 Å². The molecule has 0 bridgehead atoms. The fourth-order valence-electron chi connectivity index (χ4n) is 2.52. The molecule has 128 valence electrons. The van der Waals surface area contributed by atoms with E-state index in [4.69, 9.17) is 4.74 Å². The number of aromatic nitrogens is 4. The number of amides is 1. The molecule has 1 saturated heterocycles. The predicted octanol–water partition coefficient (Wildman–Crippen LogP) is 2.02. The van der Waals surface area contributed by atoms with E-state index < -0.39 is 0 Å². The first-order valence-corrected chi connectivity index (χ1v) is 9.17. The molecule has 0 N–H and O–H groups in total. The van der Waals surface area contributed by atoms with E-state index in [1.807, 2.05) is 48.7 Å². The Hall–Kier alpha value is -2.09. The number of thioether (sulfide) groups is 1. The molecule has 2 aromatic rings. The third-order valence-electron chi connectivity index (χ3n) is 3.80. The first-order valence-electron chi connectivity index (χ1n) is 8.02. The Balaban J connectivity index is 1.66. The molecule has 1 amide bonds. The highest BCUT2D eigenvalue weighted by atomic mass is 32.2. The lowest BCUT2D eigenvalue weighted by molar-refractivity contribution is 0.0772. The number of carbonyl (C=O) groups is 1. The van der Waals surface area contributed by atoms with Crippen molar-refractivity contribution in [3.8, 4) is 5.75 Å². The van der Waals surface area contributed by atoms with Crippen molar-refractivity contribution in [2.75, 3.05) is 24.6 Å². The number of hydrogen-bond acceptors (Lipinski definition) is 6. The summed E-state index contributed by atoms with van der Waals surface area (Å²) in [6.45, 7) is 5.89. The standard InChI is InChI=1S/C16H21N5O2S/c1-12(2)21-15(17-18-19-21)11-23-14-5-3-4-13(10-14)16(22)20-6-8-24-9-7-20/h3-5,10,12H,6-9,11H2,1-2H3. The molecule has 0 atom stereocenters. The molecular formula is C16H21N5O2S. The molecule has 7 nitrogen and oxygen atoms in total. The average molecular weight is 347 g/mol. The monoisotopic (exact) mass is 347 g/mol. The number of nitrogens with zero attached hydrogens (tertiary/aromatic N) is 5. The van der Waals surface area contributed by atoms with Gasteiger partial charge in [0.25, 0.3) is 5.91 Å². The van der Waals surface area contributed by atoms with Gasteiger partial charge in [0.1, 0.15) is 12.4 Å². The summed E-state index contributed by atoms with van der Waals surface area (Å²) < 4.78 is 7.50. The smallest absolute Gasteiger partial charge is 0.254 e. The second-order valence-corrected chi connectivity index (χ2v) is 7.08. The van der Waals surface area contributed by atoms with E-state index in [1.54, 1.807) is 10.7 Å². The highest BCUT2D eigenvalue weighted by molar-refractivity contribution is 7.99. The van der Waals surface area contributed by atoms with E-state index in [9.17, 15) is 4.79 Å². The molecule has 1 fully saturated rings.